The zero-order valence-electron chi connectivity index (χ0n) is 16.4. The van der Waals surface area contributed by atoms with Crippen molar-refractivity contribution >= 4 is 12.2 Å². The lowest BCUT2D eigenvalue weighted by Gasteiger charge is -2.10. The van der Waals surface area contributed by atoms with Gasteiger partial charge in [0.05, 0.1) is 11.7 Å². The lowest BCUT2D eigenvalue weighted by atomic mass is 10.1. The molecular formula is C23H22F3NO3. The second-order valence-electron chi connectivity index (χ2n) is 6.79. The van der Waals surface area contributed by atoms with E-state index in [9.17, 15) is 18.3 Å². The number of nitrogens with zero attached hydrogens (tertiary/aromatic N) is 1. The summed E-state index contributed by atoms with van der Waals surface area (Å²) in [5.41, 5.74) is 1.34. The molecule has 30 heavy (non-hydrogen) atoms. The van der Waals surface area contributed by atoms with Crippen molar-refractivity contribution < 1.29 is 27.4 Å². The van der Waals surface area contributed by atoms with E-state index >= 15 is 0 Å². The summed E-state index contributed by atoms with van der Waals surface area (Å²) in [6, 6.07) is 12.1. The Morgan fingerprint density at radius 1 is 1.07 bits per heavy atom. The first-order valence-corrected chi connectivity index (χ1v) is 9.55. The highest BCUT2D eigenvalue weighted by Crippen LogP contribution is 2.29. The number of aliphatic hydroxyl groups excluding tert-OH is 1. The topological polar surface area (TPSA) is 55.5 Å². The maximum Gasteiger partial charge on any atom is 0.416 e. The minimum Gasteiger partial charge on any atom is -0.487 e. The van der Waals surface area contributed by atoms with Crippen LogP contribution in [0.25, 0.3) is 12.2 Å². The minimum absolute atomic E-state index is 0.203. The highest BCUT2D eigenvalue weighted by atomic mass is 19.4. The SMILES string of the molecule is CCCC(O)c1ccc(OCc2coc(C=Cc3ccc(C(F)(F)F)cc3)n2)cc1. The van der Waals surface area contributed by atoms with E-state index in [0.717, 1.165) is 24.1 Å². The van der Waals surface area contributed by atoms with Crippen LogP contribution in [-0.4, -0.2) is 10.1 Å². The van der Waals surface area contributed by atoms with Gasteiger partial charge in [-0.25, -0.2) is 4.98 Å². The Labute approximate surface area is 172 Å². The normalized spacial score (nSPS) is 13.0. The van der Waals surface area contributed by atoms with Gasteiger partial charge in [-0.05, 0) is 47.9 Å². The van der Waals surface area contributed by atoms with Gasteiger partial charge in [0.15, 0.2) is 0 Å². The monoisotopic (exact) mass is 417 g/mol. The summed E-state index contributed by atoms with van der Waals surface area (Å²) in [7, 11) is 0. The number of benzene rings is 2. The number of alkyl halides is 3. The standard InChI is InChI=1S/C23H22F3NO3/c1-2-3-21(28)17-7-11-20(12-8-17)29-14-19-15-30-22(27-19)13-6-16-4-9-18(10-5-16)23(24,25)26/h4-13,15,21,28H,2-3,14H2,1H3. The molecule has 0 radical (unpaired) electrons. The summed E-state index contributed by atoms with van der Waals surface area (Å²) in [6.45, 7) is 2.22. The van der Waals surface area contributed by atoms with Gasteiger partial charge in [0.2, 0.25) is 5.89 Å². The lowest BCUT2D eigenvalue weighted by Crippen LogP contribution is -2.03. The quantitative estimate of drug-likeness (QED) is 0.469. The number of halogens is 3. The highest BCUT2D eigenvalue weighted by Gasteiger charge is 2.29. The Morgan fingerprint density at radius 2 is 1.77 bits per heavy atom. The number of hydrogen-bond donors (Lipinski definition) is 1. The maximum absolute atomic E-state index is 12.6. The molecule has 0 spiro atoms. The Hall–Kier alpha value is -3.06. The van der Waals surface area contributed by atoms with E-state index in [2.05, 4.69) is 4.98 Å². The van der Waals surface area contributed by atoms with Crippen LogP contribution in [-0.2, 0) is 12.8 Å². The molecule has 2 aromatic carbocycles. The van der Waals surface area contributed by atoms with E-state index in [1.807, 2.05) is 19.1 Å². The molecule has 7 heteroatoms. The van der Waals surface area contributed by atoms with Gasteiger partial charge in [-0.2, -0.15) is 13.2 Å². The molecular weight excluding hydrogens is 395 g/mol. The number of oxazole rings is 1. The average molecular weight is 417 g/mol. The third-order valence-corrected chi connectivity index (χ3v) is 4.44. The van der Waals surface area contributed by atoms with Gasteiger partial charge in [-0.15, -0.1) is 0 Å². The average Bonchev–Trinajstić information content (AvgIpc) is 3.19. The summed E-state index contributed by atoms with van der Waals surface area (Å²) < 4.78 is 48.8. The minimum atomic E-state index is -4.35. The van der Waals surface area contributed by atoms with Crippen LogP contribution in [0, 0.1) is 0 Å². The summed E-state index contributed by atoms with van der Waals surface area (Å²) in [6.07, 6.45) is 1.45. The molecule has 1 heterocycles. The molecule has 1 aromatic heterocycles. The number of ether oxygens (including phenoxy) is 1. The van der Waals surface area contributed by atoms with Crippen molar-refractivity contribution in [1.82, 2.24) is 4.98 Å². The third-order valence-electron chi connectivity index (χ3n) is 4.44. The van der Waals surface area contributed by atoms with Crippen molar-refractivity contribution in [2.45, 2.75) is 38.7 Å². The van der Waals surface area contributed by atoms with Crippen LogP contribution in [0.2, 0.25) is 0 Å². The van der Waals surface area contributed by atoms with Gasteiger partial charge in [0.25, 0.3) is 0 Å². The van der Waals surface area contributed by atoms with E-state index < -0.39 is 17.8 Å². The first kappa shape index (κ1) is 21.6. The Morgan fingerprint density at radius 3 is 2.40 bits per heavy atom. The van der Waals surface area contributed by atoms with Crippen LogP contribution in [0.3, 0.4) is 0 Å². The zero-order chi connectivity index (χ0) is 21.6. The molecule has 3 aromatic rings. The number of aromatic nitrogens is 1. The van der Waals surface area contributed by atoms with E-state index in [1.165, 1.54) is 18.4 Å². The molecule has 1 N–H and O–H groups in total. The molecule has 0 fully saturated rings. The van der Waals surface area contributed by atoms with Crippen molar-refractivity contribution in [2.75, 3.05) is 0 Å². The maximum atomic E-state index is 12.6. The van der Waals surface area contributed by atoms with Crippen LogP contribution in [0.5, 0.6) is 5.75 Å². The van der Waals surface area contributed by atoms with E-state index in [0.29, 0.717) is 29.3 Å². The number of rotatable bonds is 8. The first-order valence-electron chi connectivity index (χ1n) is 9.55. The van der Waals surface area contributed by atoms with Crippen LogP contribution < -0.4 is 4.74 Å². The smallest absolute Gasteiger partial charge is 0.416 e. The number of aliphatic hydroxyl groups is 1. The van der Waals surface area contributed by atoms with E-state index in [-0.39, 0.29) is 6.61 Å². The Bertz CT molecular complexity index is 961. The largest absolute Gasteiger partial charge is 0.487 e. The van der Waals surface area contributed by atoms with Crippen LogP contribution >= 0.6 is 0 Å². The van der Waals surface area contributed by atoms with Crippen molar-refractivity contribution in [1.29, 1.82) is 0 Å². The van der Waals surface area contributed by atoms with E-state index in [4.69, 9.17) is 9.15 Å². The van der Waals surface area contributed by atoms with Crippen LogP contribution in [0.4, 0.5) is 13.2 Å². The highest BCUT2D eigenvalue weighted by molar-refractivity contribution is 5.66. The molecule has 1 atom stereocenters. The predicted octanol–water partition coefficient (Wildman–Crippen LogP) is 6.28. The fourth-order valence-electron chi connectivity index (χ4n) is 2.80. The molecule has 0 amide bonds. The van der Waals surface area contributed by atoms with E-state index in [1.54, 1.807) is 24.3 Å². The second kappa shape index (κ2) is 9.63. The third kappa shape index (κ3) is 5.97. The van der Waals surface area contributed by atoms with Crippen LogP contribution in [0.15, 0.2) is 59.2 Å². The first-order chi connectivity index (χ1) is 14.3. The molecule has 158 valence electrons. The molecule has 0 bridgehead atoms. The van der Waals surface area contributed by atoms with Gasteiger partial charge < -0.3 is 14.3 Å². The lowest BCUT2D eigenvalue weighted by molar-refractivity contribution is -0.137. The molecule has 0 aliphatic carbocycles. The van der Waals surface area contributed by atoms with Crippen molar-refractivity contribution in [2.24, 2.45) is 0 Å². The van der Waals surface area contributed by atoms with Crippen molar-refractivity contribution in [3.63, 3.8) is 0 Å². The van der Waals surface area contributed by atoms with Crippen LogP contribution in [0.1, 0.15) is 54.1 Å². The molecule has 0 aliphatic heterocycles. The second-order valence-corrected chi connectivity index (χ2v) is 6.79. The van der Waals surface area contributed by atoms with Crippen molar-refractivity contribution in [3.05, 3.63) is 83.1 Å². The van der Waals surface area contributed by atoms with Gasteiger partial charge in [0, 0.05) is 6.08 Å². The van der Waals surface area contributed by atoms with Gasteiger partial charge in [0.1, 0.15) is 24.3 Å². The zero-order valence-corrected chi connectivity index (χ0v) is 16.4. The molecule has 4 nitrogen and oxygen atoms in total. The molecule has 0 saturated heterocycles. The molecule has 3 rings (SSSR count). The Kier molecular flexibility index (Phi) is 6.95. The van der Waals surface area contributed by atoms with Gasteiger partial charge >= 0.3 is 6.18 Å². The summed E-state index contributed by atoms with van der Waals surface area (Å²) in [4.78, 5) is 4.27. The fourth-order valence-corrected chi connectivity index (χ4v) is 2.80. The van der Waals surface area contributed by atoms with Gasteiger partial charge in [-0.3, -0.25) is 0 Å². The number of hydrogen-bond acceptors (Lipinski definition) is 4. The summed E-state index contributed by atoms with van der Waals surface area (Å²) in [5, 5.41) is 9.98. The van der Waals surface area contributed by atoms with Crippen molar-refractivity contribution in [3.8, 4) is 5.75 Å². The Balaban J connectivity index is 1.54. The summed E-state index contributed by atoms with van der Waals surface area (Å²) in [5.74, 6) is 0.971. The molecule has 0 saturated carbocycles. The predicted molar refractivity (Wildman–Crippen MR) is 108 cm³/mol. The molecule has 0 aliphatic rings. The van der Waals surface area contributed by atoms with Gasteiger partial charge in [-0.1, -0.05) is 37.6 Å². The molecule has 1 unspecified atom stereocenters. The summed E-state index contributed by atoms with van der Waals surface area (Å²) >= 11 is 0. The fraction of sp³-hybridized carbons (Fsp3) is 0.261.